The number of carbonyl (C=O) groups is 2. The van der Waals surface area contributed by atoms with Crippen LogP contribution in [-0.2, 0) is 16.1 Å². The molecule has 1 aliphatic heterocycles. The van der Waals surface area contributed by atoms with Crippen LogP contribution in [0.15, 0.2) is 75.4 Å². The summed E-state index contributed by atoms with van der Waals surface area (Å²) in [6, 6.07) is 13.3. The lowest BCUT2D eigenvalue weighted by molar-refractivity contribution is -0.136. The van der Waals surface area contributed by atoms with E-state index in [0.717, 1.165) is 0 Å². The number of nitrogens with zero attached hydrogens (tertiary/aromatic N) is 1. The normalized spacial score (nSPS) is 15.3. The Kier molecular flexibility index (Phi) is 11.6. The van der Waals surface area contributed by atoms with Gasteiger partial charge in [0.25, 0.3) is 0 Å². The van der Waals surface area contributed by atoms with Gasteiger partial charge in [-0.3, -0.25) is 5.43 Å². The Bertz CT molecular complexity index is 1600. The van der Waals surface area contributed by atoms with E-state index in [1.54, 1.807) is 62.4 Å². The lowest BCUT2D eigenvalue weighted by Crippen LogP contribution is -2.45. The largest absolute Gasteiger partial charge is 0.490 e. The van der Waals surface area contributed by atoms with E-state index in [4.69, 9.17) is 30.5 Å². The number of ether oxygens (including phenoxy) is 4. The first-order chi connectivity index (χ1) is 21.6. The van der Waals surface area contributed by atoms with Crippen LogP contribution in [0.2, 0.25) is 5.02 Å². The number of aliphatic hydroxyl groups excluding tert-OH is 1. The SMILES string of the molecule is CCOc1cc([C@H]2NC(=O)NC(C)=C2C(=O)OC)ccc1OC[C@H](O)N/N=C\c1cc(Cl)c(OCc2ccccc2F)c(Br)c1. The van der Waals surface area contributed by atoms with Crippen molar-refractivity contribution >= 4 is 45.7 Å². The number of hydrogen-bond acceptors (Lipinski definition) is 9. The number of aliphatic hydroxyl groups is 1. The van der Waals surface area contributed by atoms with Crippen LogP contribution in [-0.4, -0.2) is 49.9 Å². The molecule has 0 aliphatic carbocycles. The number of hydrazone groups is 1. The lowest BCUT2D eigenvalue weighted by atomic mass is 9.95. The van der Waals surface area contributed by atoms with E-state index in [9.17, 15) is 19.1 Å². The minimum absolute atomic E-state index is 0.000211. The molecule has 1 heterocycles. The third-order valence-corrected chi connectivity index (χ3v) is 7.33. The molecule has 4 N–H and O–H groups in total. The number of methoxy groups -OCH3 is 1. The highest BCUT2D eigenvalue weighted by molar-refractivity contribution is 9.10. The molecule has 3 aromatic rings. The van der Waals surface area contributed by atoms with E-state index < -0.39 is 24.3 Å². The van der Waals surface area contributed by atoms with Crippen LogP contribution < -0.4 is 30.3 Å². The van der Waals surface area contributed by atoms with E-state index in [-0.39, 0.29) is 29.6 Å². The summed E-state index contributed by atoms with van der Waals surface area (Å²) in [7, 11) is 1.26. The first-order valence-electron chi connectivity index (χ1n) is 13.7. The Labute approximate surface area is 272 Å². The first-order valence-corrected chi connectivity index (χ1v) is 14.9. The van der Waals surface area contributed by atoms with Crippen LogP contribution in [0.25, 0.3) is 0 Å². The number of esters is 1. The highest BCUT2D eigenvalue weighted by Crippen LogP contribution is 2.36. The predicted octanol–water partition coefficient (Wildman–Crippen LogP) is 5.34. The molecule has 0 bridgehead atoms. The highest BCUT2D eigenvalue weighted by Gasteiger charge is 2.32. The van der Waals surface area contributed by atoms with Gasteiger partial charge in [-0.2, -0.15) is 5.10 Å². The van der Waals surface area contributed by atoms with Crippen molar-refractivity contribution in [2.24, 2.45) is 5.10 Å². The number of rotatable bonds is 13. The van der Waals surface area contributed by atoms with Gasteiger partial charge >= 0.3 is 12.0 Å². The second-order valence-corrected chi connectivity index (χ2v) is 10.9. The second kappa shape index (κ2) is 15.6. The first kappa shape index (κ1) is 33.6. The summed E-state index contributed by atoms with van der Waals surface area (Å²) in [6.45, 7) is 3.53. The van der Waals surface area contributed by atoms with Crippen LogP contribution >= 0.6 is 27.5 Å². The molecule has 0 aromatic heterocycles. The fraction of sp³-hybridized carbons (Fsp3) is 0.258. The summed E-state index contributed by atoms with van der Waals surface area (Å²) in [5.41, 5.74) is 4.76. The number of nitrogens with one attached hydrogen (secondary N) is 3. The molecule has 0 saturated heterocycles. The smallest absolute Gasteiger partial charge is 0.337 e. The maximum Gasteiger partial charge on any atom is 0.337 e. The minimum Gasteiger partial charge on any atom is -0.490 e. The molecule has 0 saturated carbocycles. The molecule has 2 amide bonds. The van der Waals surface area contributed by atoms with Crippen LogP contribution in [0.5, 0.6) is 17.2 Å². The Balaban J connectivity index is 1.37. The molecular weight excluding hydrogens is 675 g/mol. The minimum atomic E-state index is -1.20. The molecule has 1 aliphatic rings. The fourth-order valence-corrected chi connectivity index (χ4v) is 5.37. The Morgan fingerprint density at radius 1 is 1.18 bits per heavy atom. The van der Waals surface area contributed by atoms with Crippen LogP contribution in [0.4, 0.5) is 9.18 Å². The molecule has 4 rings (SSSR count). The van der Waals surface area contributed by atoms with Gasteiger partial charge in [-0.25, -0.2) is 14.0 Å². The van der Waals surface area contributed by atoms with Gasteiger partial charge in [0, 0.05) is 11.3 Å². The van der Waals surface area contributed by atoms with Crippen LogP contribution in [0.1, 0.15) is 36.6 Å². The van der Waals surface area contributed by atoms with E-state index in [1.165, 1.54) is 19.4 Å². The molecule has 0 spiro atoms. The summed E-state index contributed by atoms with van der Waals surface area (Å²) in [5.74, 6) is 0.0634. The van der Waals surface area contributed by atoms with Gasteiger partial charge in [-0.15, -0.1) is 0 Å². The van der Waals surface area contributed by atoms with Crippen molar-refractivity contribution in [3.05, 3.63) is 97.9 Å². The average molecular weight is 706 g/mol. The predicted molar refractivity (Wildman–Crippen MR) is 169 cm³/mol. The zero-order valence-corrected chi connectivity index (χ0v) is 26.9. The van der Waals surface area contributed by atoms with Gasteiger partial charge in [0.15, 0.2) is 23.5 Å². The molecule has 0 radical (unpaired) electrons. The van der Waals surface area contributed by atoms with Gasteiger partial charge in [-0.05, 0) is 71.2 Å². The summed E-state index contributed by atoms with van der Waals surface area (Å²) in [6.07, 6.45) is 0.251. The van der Waals surface area contributed by atoms with Crippen molar-refractivity contribution in [1.29, 1.82) is 0 Å². The number of amides is 2. The van der Waals surface area contributed by atoms with Crippen molar-refractivity contribution < 1.29 is 38.0 Å². The number of urea groups is 1. The van der Waals surface area contributed by atoms with Gasteiger partial charge < -0.3 is 34.7 Å². The van der Waals surface area contributed by atoms with E-state index in [1.807, 2.05) is 0 Å². The third-order valence-electron chi connectivity index (χ3n) is 6.46. The number of hydrogen-bond donors (Lipinski definition) is 4. The zero-order chi connectivity index (χ0) is 32.5. The lowest BCUT2D eigenvalue weighted by Gasteiger charge is -2.28. The van der Waals surface area contributed by atoms with Crippen molar-refractivity contribution in [1.82, 2.24) is 16.1 Å². The molecule has 3 aromatic carbocycles. The maximum absolute atomic E-state index is 13.9. The second-order valence-electron chi connectivity index (χ2n) is 9.61. The molecule has 238 valence electrons. The van der Waals surface area contributed by atoms with Crippen molar-refractivity contribution in [3.8, 4) is 17.2 Å². The topological polar surface area (TPSA) is 140 Å². The monoisotopic (exact) mass is 704 g/mol. The Hall–Kier alpha value is -4.33. The van der Waals surface area contributed by atoms with Gasteiger partial charge in [0.05, 0.1) is 41.0 Å². The fourth-order valence-electron chi connectivity index (χ4n) is 4.38. The van der Waals surface area contributed by atoms with E-state index in [0.29, 0.717) is 50.7 Å². The van der Waals surface area contributed by atoms with E-state index in [2.05, 4.69) is 37.1 Å². The molecule has 45 heavy (non-hydrogen) atoms. The van der Waals surface area contributed by atoms with E-state index >= 15 is 0 Å². The molecule has 0 unspecified atom stereocenters. The number of allylic oxidation sites excluding steroid dienone is 1. The Morgan fingerprint density at radius 3 is 2.67 bits per heavy atom. The van der Waals surface area contributed by atoms with Crippen molar-refractivity contribution in [2.45, 2.75) is 32.7 Å². The Morgan fingerprint density at radius 2 is 1.96 bits per heavy atom. The van der Waals surface area contributed by atoms with Gasteiger partial charge in [-0.1, -0.05) is 35.9 Å². The van der Waals surface area contributed by atoms with Crippen LogP contribution in [0.3, 0.4) is 0 Å². The number of halogens is 3. The van der Waals surface area contributed by atoms with Gasteiger partial charge in [0.2, 0.25) is 0 Å². The summed E-state index contributed by atoms with van der Waals surface area (Å²) >= 11 is 9.80. The average Bonchev–Trinajstić information content (AvgIpc) is 3.00. The van der Waals surface area contributed by atoms with Gasteiger partial charge in [0.1, 0.15) is 19.0 Å². The molecule has 2 atom stereocenters. The number of benzene rings is 3. The molecule has 11 nitrogen and oxygen atoms in total. The van der Waals surface area contributed by atoms with Crippen LogP contribution in [0, 0.1) is 5.82 Å². The quantitative estimate of drug-likeness (QED) is 0.0809. The van der Waals surface area contributed by atoms with Crippen molar-refractivity contribution in [3.63, 3.8) is 0 Å². The third kappa shape index (κ3) is 8.65. The summed E-state index contributed by atoms with van der Waals surface area (Å²) < 4.78 is 36.6. The molecular formula is C31H31BrClFN4O7. The highest BCUT2D eigenvalue weighted by atomic mass is 79.9. The molecule has 0 fully saturated rings. The maximum atomic E-state index is 13.9. The molecule has 14 heteroatoms. The zero-order valence-electron chi connectivity index (χ0n) is 24.5. The number of carbonyl (C=O) groups excluding carboxylic acids is 2. The van der Waals surface area contributed by atoms with Crippen molar-refractivity contribution in [2.75, 3.05) is 20.3 Å². The summed E-state index contributed by atoms with van der Waals surface area (Å²) in [4.78, 5) is 24.6. The summed E-state index contributed by atoms with van der Waals surface area (Å²) in [5, 5.41) is 20.1. The standard InChI is InChI=1S/C31H31BrClFN4O7/c1-4-43-25-13-19(28-27(30(40)42-3)17(2)36-31(41)37-28)9-10-24(25)44-16-26(39)38-35-14-18-11-21(32)29(22(33)12-18)45-15-20-7-5-6-8-23(20)34/h5-14,26,28,38-39H,4,15-16H2,1-3H3,(H2,36,37,41)/b35-14-/t26-,28+/m0/s1.